The topological polar surface area (TPSA) is 116 Å². The Balaban J connectivity index is 0.000000325. The van der Waals surface area contributed by atoms with Gasteiger partial charge in [-0.3, -0.25) is 0 Å². The number of aromatic nitrogens is 1. The van der Waals surface area contributed by atoms with Crippen LogP contribution >= 0.6 is 0 Å². The maximum Gasteiger partial charge on any atom is 0.414 e. The summed E-state index contributed by atoms with van der Waals surface area (Å²) < 4.78 is 0. The van der Waals surface area contributed by atoms with Crippen LogP contribution < -0.4 is 5.73 Å². The van der Waals surface area contributed by atoms with Crippen LogP contribution in [-0.2, 0) is 16.0 Å². The number of hydrogen-bond donors (Lipinski definition) is 4. The molecule has 5 N–H and O–H groups in total. The minimum absolute atomic E-state index is 0.316. The molecule has 1 unspecified atom stereocenters. The summed E-state index contributed by atoms with van der Waals surface area (Å²) in [5.74, 6) is -3.65. The summed E-state index contributed by atoms with van der Waals surface area (Å²) >= 11 is 0. The van der Waals surface area contributed by atoms with Crippen LogP contribution in [0.5, 0.6) is 0 Å². The highest BCUT2D eigenvalue weighted by atomic mass is 16.4. The fraction of sp³-hybridized carbons (Fsp3) is 0.400. The molecule has 0 spiro atoms. The van der Waals surface area contributed by atoms with Crippen LogP contribution in [0.15, 0.2) is 18.5 Å². The van der Waals surface area contributed by atoms with Crippen molar-refractivity contribution in [3.63, 3.8) is 0 Å². The van der Waals surface area contributed by atoms with Crippen LogP contribution in [0, 0.1) is 0 Å². The van der Waals surface area contributed by atoms with Gasteiger partial charge in [0.1, 0.15) is 0 Å². The molecule has 16 heavy (non-hydrogen) atoms. The summed E-state index contributed by atoms with van der Waals surface area (Å²) in [6.45, 7) is 2.11. The lowest BCUT2D eigenvalue weighted by Crippen LogP contribution is -2.20. The third-order valence-electron chi connectivity index (χ3n) is 1.87. The second-order valence-electron chi connectivity index (χ2n) is 3.20. The van der Waals surface area contributed by atoms with Gasteiger partial charge in [-0.15, -0.1) is 0 Å². The lowest BCUT2D eigenvalue weighted by molar-refractivity contribution is -0.159. The zero-order chi connectivity index (χ0) is 12.6. The van der Waals surface area contributed by atoms with Gasteiger partial charge in [-0.2, -0.15) is 0 Å². The number of carboxylic acid groups (broad SMARTS) is 2. The molecular weight excluding hydrogens is 212 g/mol. The first-order valence-corrected chi connectivity index (χ1v) is 4.80. The van der Waals surface area contributed by atoms with Gasteiger partial charge in [0, 0.05) is 18.4 Å². The van der Waals surface area contributed by atoms with Crippen molar-refractivity contribution in [3.05, 3.63) is 24.0 Å². The van der Waals surface area contributed by atoms with E-state index in [0.717, 1.165) is 12.8 Å². The second kappa shape index (κ2) is 7.47. The molecule has 0 aromatic carbocycles. The van der Waals surface area contributed by atoms with Crippen LogP contribution in [0.1, 0.15) is 18.9 Å². The number of aromatic amines is 1. The smallest absolute Gasteiger partial charge is 0.414 e. The van der Waals surface area contributed by atoms with E-state index >= 15 is 0 Å². The van der Waals surface area contributed by atoms with Gasteiger partial charge in [-0.1, -0.05) is 6.92 Å². The van der Waals surface area contributed by atoms with Crippen LogP contribution in [-0.4, -0.2) is 33.2 Å². The Labute approximate surface area is 93.1 Å². The van der Waals surface area contributed by atoms with E-state index in [0.29, 0.717) is 6.04 Å². The van der Waals surface area contributed by atoms with Crippen molar-refractivity contribution in [2.75, 3.05) is 0 Å². The molecule has 0 aliphatic rings. The summed E-state index contributed by atoms with van der Waals surface area (Å²) in [7, 11) is 0. The Bertz CT molecular complexity index is 310. The molecular formula is C10H16N2O4. The predicted octanol–water partition coefficient (Wildman–Crippen LogP) is 0.450. The molecule has 0 aliphatic carbocycles. The van der Waals surface area contributed by atoms with E-state index in [-0.39, 0.29) is 0 Å². The van der Waals surface area contributed by atoms with Gasteiger partial charge >= 0.3 is 11.9 Å². The molecule has 90 valence electrons. The van der Waals surface area contributed by atoms with E-state index in [1.54, 1.807) is 0 Å². The zero-order valence-electron chi connectivity index (χ0n) is 9.01. The van der Waals surface area contributed by atoms with E-state index in [1.807, 2.05) is 12.4 Å². The molecule has 1 heterocycles. The maximum atomic E-state index is 9.10. The average molecular weight is 228 g/mol. The Morgan fingerprint density at radius 1 is 1.44 bits per heavy atom. The summed E-state index contributed by atoms with van der Waals surface area (Å²) in [6.07, 6.45) is 5.96. The number of carboxylic acids is 2. The Morgan fingerprint density at radius 3 is 2.31 bits per heavy atom. The average Bonchev–Trinajstić information content (AvgIpc) is 2.71. The number of aliphatic carboxylic acids is 2. The molecule has 0 amide bonds. The monoisotopic (exact) mass is 228 g/mol. The van der Waals surface area contributed by atoms with Crippen molar-refractivity contribution >= 4 is 11.9 Å². The summed E-state index contributed by atoms with van der Waals surface area (Å²) in [4.78, 5) is 21.2. The lowest BCUT2D eigenvalue weighted by atomic mass is 10.1. The van der Waals surface area contributed by atoms with Crippen molar-refractivity contribution < 1.29 is 19.8 Å². The van der Waals surface area contributed by atoms with Gasteiger partial charge in [0.2, 0.25) is 0 Å². The Morgan fingerprint density at radius 2 is 2.00 bits per heavy atom. The summed E-state index contributed by atoms with van der Waals surface area (Å²) in [6, 6.07) is 2.38. The molecule has 1 aromatic heterocycles. The van der Waals surface area contributed by atoms with Crippen molar-refractivity contribution in [1.29, 1.82) is 0 Å². The third kappa shape index (κ3) is 6.61. The van der Waals surface area contributed by atoms with Crippen molar-refractivity contribution in [2.24, 2.45) is 5.73 Å². The predicted molar refractivity (Wildman–Crippen MR) is 58.0 cm³/mol. The standard InChI is InChI=1S/C8H14N2.C2H2O4/c1-2-8(9)5-7-3-4-10-6-7;3-1(4)2(5)6/h3-4,6,8,10H,2,5,9H2,1H3;(H,3,4)(H,5,6). The SMILES string of the molecule is CCC(N)Cc1cc[nH]c1.O=C(O)C(=O)O. The molecule has 0 bridgehead atoms. The van der Waals surface area contributed by atoms with E-state index in [4.69, 9.17) is 25.5 Å². The van der Waals surface area contributed by atoms with Gasteiger partial charge in [-0.25, -0.2) is 9.59 Å². The molecule has 0 radical (unpaired) electrons. The molecule has 1 rings (SSSR count). The minimum atomic E-state index is -1.82. The van der Waals surface area contributed by atoms with Crippen LogP contribution in [0.25, 0.3) is 0 Å². The molecule has 0 fully saturated rings. The van der Waals surface area contributed by atoms with Gasteiger partial charge < -0.3 is 20.9 Å². The van der Waals surface area contributed by atoms with Crippen LogP contribution in [0.2, 0.25) is 0 Å². The Kier molecular flexibility index (Phi) is 6.62. The normalized spacial score (nSPS) is 11.1. The van der Waals surface area contributed by atoms with Crippen molar-refractivity contribution in [1.82, 2.24) is 4.98 Å². The lowest BCUT2D eigenvalue weighted by Gasteiger charge is -2.04. The maximum absolute atomic E-state index is 9.10. The van der Waals surface area contributed by atoms with Gasteiger partial charge in [0.15, 0.2) is 0 Å². The van der Waals surface area contributed by atoms with Crippen LogP contribution in [0.3, 0.4) is 0 Å². The second-order valence-corrected chi connectivity index (χ2v) is 3.20. The number of hydrogen-bond acceptors (Lipinski definition) is 3. The number of nitrogens with one attached hydrogen (secondary N) is 1. The molecule has 1 aromatic rings. The summed E-state index contributed by atoms with van der Waals surface area (Å²) in [5, 5.41) is 14.8. The molecule has 6 heteroatoms. The molecule has 0 saturated heterocycles. The number of nitrogens with two attached hydrogens (primary N) is 1. The highest BCUT2D eigenvalue weighted by molar-refractivity contribution is 6.27. The van der Waals surface area contributed by atoms with Gasteiger partial charge in [-0.05, 0) is 24.5 Å². The zero-order valence-corrected chi connectivity index (χ0v) is 9.01. The van der Waals surface area contributed by atoms with Crippen molar-refractivity contribution in [3.8, 4) is 0 Å². The minimum Gasteiger partial charge on any atom is -0.473 e. The van der Waals surface area contributed by atoms with E-state index in [2.05, 4.69) is 18.0 Å². The molecule has 0 saturated carbocycles. The first-order chi connectivity index (χ1) is 7.47. The van der Waals surface area contributed by atoms with E-state index in [1.165, 1.54) is 5.56 Å². The number of H-pyrrole nitrogens is 1. The van der Waals surface area contributed by atoms with E-state index in [9.17, 15) is 0 Å². The first-order valence-electron chi connectivity index (χ1n) is 4.80. The van der Waals surface area contributed by atoms with Crippen LogP contribution in [0.4, 0.5) is 0 Å². The molecule has 6 nitrogen and oxygen atoms in total. The quantitative estimate of drug-likeness (QED) is 0.560. The van der Waals surface area contributed by atoms with Crippen molar-refractivity contribution in [2.45, 2.75) is 25.8 Å². The van der Waals surface area contributed by atoms with Gasteiger partial charge in [0.05, 0.1) is 0 Å². The van der Waals surface area contributed by atoms with E-state index < -0.39 is 11.9 Å². The molecule has 1 atom stereocenters. The fourth-order valence-corrected chi connectivity index (χ4v) is 0.932. The molecule has 0 aliphatic heterocycles. The third-order valence-corrected chi connectivity index (χ3v) is 1.87. The first kappa shape index (κ1) is 14.2. The number of carbonyl (C=O) groups is 2. The Hall–Kier alpha value is -1.82. The van der Waals surface area contributed by atoms with Gasteiger partial charge in [0.25, 0.3) is 0 Å². The largest absolute Gasteiger partial charge is 0.473 e. The summed E-state index contributed by atoms with van der Waals surface area (Å²) in [5.41, 5.74) is 7.05. The highest BCUT2D eigenvalue weighted by Crippen LogP contribution is 2.01. The highest BCUT2D eigenvalue weighted by Gasteiger charge is 2.04. The number of rotatable bonds is 3. The fourth-order valence-electron chi connectivity index (χ4n) is 0.932.